The maximum atomic E-state index is 6.36. The van der Waals surface area contributed by atoms with Gasteiger partial charge in [0.2, 0.25) is 0 Å². The zero-order chi connectivity index (χ0) is 66.9. The fraction of sp³-hybridized carbons (Fsp3) is 0. The van der Waals surface area contributed by atoms with Crippen molar-refractivity contribution in [1.29, 1.82) is 0 Å². The van der Waals surface area contributed by atoms with E-state index in [0.717, 1.165) is 66.6 Å². The van der Waals surface area contributed by atoms with Gasteiger partial charge in [-0.1, -0.05) is 237 Å². The molecule has 0 unspecified atom stereocenters. The first-order valence-corrected chi connectivity index (χ1v) is 34.9. The molecule has 0 amide bonds. The van der Waals surface area contributed by atoms with Crippen LogP contribution in [0, 0.1) is 0 Å². The summed E-state index contributed by atoms with van der Waals surface area (Å²) in [4.78, 5) is 0. The Morgan fingerprint density at radius 3 is 0.784 bits per heavy atom. The summed E-state index contributed by atoms with van der Waals surface area (Å²) in [6.45, 7) is 0. The number of aromatic nitrogens is 4. The highest BCUT2D eigenvalue weighted by Crippen LogP contribution is 2.47. The molecule has 476 valence electrons. The molecule has 0 atom stereocenters. The van der Waals surface area contributed by atoms with Gasteiger partial charge >= 0.3 is 0 Å². The van der Waals surface area contributed by atoms with Crippen LogP contribution in [0.25, 0.3) is 198 Å². The van der Waals surface area contributed by atoms with Gasteiger partial charge in [-0.3, -0.25) is 0 Å². The average molecular weight is 1300 g/mol. The first kappa shape index (κ1) is 57.4. The van der Waals surface area contributed by atoms with Crippen molar-refractivity contribution < 1.29 is 8.83 Å². The van der Waals surface area contributed by atoms with Crippen LogP contribution in [0.1, 0.15) is 0 Å². The van der Waals surface area contributed by atoms with Crippen molar-refractivity contribution in [1.82, 2.24) is 18.3 Å². The topological polar surface area (TPSA) is 46.0 Å². The molecule has 22 aromatic rings. The van der Waals surface area contributed by atoms with Gasteiger partial charge in [-0.2, -0.15) is 0 Å². The second-order valence-electron chi connectivity index (χ2n) is 26.7. The Hall–Kier alpha value is -13.7. The molecule has 0 spiro atoms. The maximum Gasteiger partial charge on any atom is 0.137 e. The van der Waals surface area contributed by atoms with Crippen LogP contribution >= 0.6 is 0 Å². The molecule has 6 aromatic heterocycles. The van der Waals surface area contributed by atoms with Crippen LogP contribution in [0.4, 0.5) is 0 Å². The first-order valence-electron chi connectivity index (χ1n) is 34.9. The van der Waals surface area contributed by atoms with Crippen LogP contribution in [0.2, 0.25) is 0 Å². The second kappa shape index (κ2) is 23.0. The Labute approximate surface area is 585 Å². The van der Waals surface area contributed by atoms with E-state index in [9.17, 15) is 0 Å². The van der Waals surface area contributed by atoms with Crippen LogP contribution < -0.4 is 0 Å². The van der Waals surface area contributed by atoms with Crippen molar-refractivity contribution in [3.8, 4) is 67.3 Å². The van der Waals surface area contributed by atoms with E-state index >= 15 is 0 Å². The monoisotopic (exact) mass is 1300 g/mol. The minimum absolute atomic E-state index is 0.893. The third kappa shape index (κ3) is 8.99. The third-order valence-corrected chi connectivity index (χ3v) is 21.0. The SMILES string of the molecule is c1ccc(-c2cc(-c3ccccc3)cc(-n3c4ccccc4c4c5c6ccccc6n(-c6ccc7c(c6)oc6ccccc67)c5ccc43)c2)cc1.c1ccc(-c2ccc(-c3ccc(-n4c5ccccc5c5c6c7ccccc7n(-c7ccc8c(c7)oc7ccccc78)c6ccc54)cc3)cc2)cc1. The van der Waals surface area contributed by atoms with E-state index in [-0.39, 0.29) is 0 Å². The van der Waals surface area contributed by atoms with Crippen LogP contribution in [-0.2, 0) is 0 Å². The Morgan fingerprint density at radius 2 is 0.412 bits per heavy atom. The third-order valence-electron chi connectivity index (χ3n) is 21.0. The summed E-state index contributed by atoms with van der Waals surface area (Å²) < 4.78 is 22.4. The molecular formula is C96H60N4O2. The van der Waals surface area contributed by atoms with Crippen LogP contribution in [0.3, 0.4) is 0 Å². The molecule has 6 nitrogen and oxygen atoms in total. The summed E-state index contributed by atoms with van der Waals surface area (Å²) in [6, 6.07) is 131. The van der Waals surface area contributed by atoms with Gasteiger partial charge in [-0.15, -0.1) is 0 Å². The number of furan rings is 2. The molecule has 0 N–H and O–H groups in total. The molecular weight excluding hydrogens is 1240 g/mol. The van der Waals surface area contributed by atoms with E-state index in [1.165, 1.54) is 132 Å². The van der Waals surface area contributed by atoms with Gasteiger partial charge in [0.25, 0.3) is 0 Å². The molecule has 6 heteroatoms. The number of fused-ring (bicyclic) bond motifs is 20. The van der Waals surface area contributed by atoms with Gasteiger partial charge in [0, 0.05) is 99.5 Å². The van der Waals surface area contributed by atoms with Gasteiger partial charge in [-0.25, -0.2) is 0 Å². The molecule has 0 saturated carbocycles. The lowest BCUT2D eigenvalue weighted by Gasteiger charge is -2.14. The van der Waals surface area contributed by atoms with Gasteiger partial charge in [0.05, 0.1) is 44.1 Å². The van der Waals surface area contributed by atoms with E-state index in [1.807, 2.05) is 24.3 Å². The van der Waals surface area contributed by atoms with E-state index in [0.29, 0.717) is 0 Å². The van der Waals surface area contributed by atoms with E-state index in [1.54, 1.807) is 0 Å². The van der Waals surface area contributed by atoms with E-state index in [2.05, 4.69) is 358 Å². The largest absolute Gasteiger partial charge is 0.456 e. The molecule has 6 heterocycles. The lowest BCUT2D eigenvalue weighted by Crippen LogP contribution is -1.96. The Kier molecular flexibility index (Phi) is 12.9. The summed E-state index contributed by atoms with van der Waals surface area (Å²) >= 11 is 0. The lowest BCUT2D eigenvalue weighted by molar-refractivity contribution is 0.668. The van der Waals surface area contributed by atoms with Crippen molar-refractivity contribution in [2.24, 2.45) is 0 Å². The van der Waals surface area contributed by atoms with Crippen molar-refractivity contribution in [2.75, 3.05) is 0 Å². The summed E-state index contributed by atoms with van der Waals surface area (Å²) in [6.07, 6.45) is 0. The molecule has 0 aliphatic heterocycles. The summed E-state index contributed by atoms with van der Waals surface area (Å²) in [5.74, 6) is 0. The molecule has 0 radical (unpaired) electrons. The smallest absolute Gasteiger partial charge is 0.137 e. The average Bonchev–Trinajstić information content (AvgIpc) is 1.55. The van der Waals surface area contributed by atoms with Crippen molar-refractivity contribution >= 4 is 131 Å². The Balaban J connectivity index is 0.000000133. The fourth-order valence-corrected chi connectivity index (χ4v) is 16.5. The molecule has 0 bridgehead atoms. The van der Waals surface area contributed by atoms with Gasteiger partial charge in [-0.05, 0) is 160 Å². The minimum atomic E-state index is 0.893. The molecule has 102 heavy (non-hydrogen) atoms. The molecule has 0 aliphatic carbocycles. The van der Waals surface area contributed by atoms with Gasteiger partial charge in [0.1, 0.15) is 22.3 Å². The van der Waals surface area contributed by atoms with Gasteiger partial charge in [0.15, 0.2) is 0 Å². The highest BCUT2D eigenvalue weighted by atomic mass is 16.3. The molecule has 0 saturated heterocycles. The maximum absolute atomic E-state index is 6.36. The van der Waals surface area contributed by atoms with Crippen molar-refractivity contribution in [3.63, 3.8) is 0 Å². The number of hydrogen-bond donors (Lipinski definition) is 0. The number of rotatable bonds is 8. The van der Waals surface area contributed by atoms with Crippen molar-refractivity contribution in [3.05, 3.63) is 364 Å². The second-order valence-corrected chi connectivity index (χ2v) is 26.7. The molecule has 0 fully saturated rings. The van der Waals surface area contributed by atoms with Crippen LogP contribution in [0.5, 0.6) is 0 Å². The number of hydrogen-bond acceptors (Lipinski definition) is 2. The zero-order valence-electron chi connectivity index (χ0n) is 55.2. The summed E-state index contributed by atoms with van der Waals surface area (Å²) in [7, 11) is 0. The fourth-order valence-electron chi connectivity index (χ4n) is 16.5. The normalized spacial score (nSPS) is 11.9. The molecule has 22 rings (SSSR count). The minimum Gasteiger partial charge on any atom is -0.456 e. The lowest BCUT2D eigenvalue weighted by atomic mass is 9.98. The summed E-state index contributed by atoms with van der Waals surface area (Å²) in [5, 5.41) is 14.5. The first-order chi connectivity index (χ1) is 50.6. The quantitative estimate of drug-likeness (QED) is 0.152. The van der Waals surface area contributed by atoms with Gasteiger partial charge < -0.3 is 27.1 Å². The number of para-hydroxylation sites is 6. The number of nitrogens with zero attached hydrogens (tertiary/aromatic N) is 4. The predicted molar refractivity (Wildman–Crippen MR) is 427 cm³/mol. The summed E-state index contributed by atoms with van der Waals surface area (Å²) in [5.41, 5.74) is 27.2. The van der Waals surface area contributed by atoms with E-state index in [4.69, 9.17) is 8.83 Å². The predicted octanol–water partition coefficient (Wildman–Crippen LogP) is 26.2. The highest BCUT2D eigenvalue weighted by Gasteiger charge is 2.24. The standard InChI is InChI=1S/2C48H30N2O/c1-3-13-31(14-4-1)33-27-34(32-15-5-2-6-16-32)29-36(28-33)50-42-21-11-8-19-40(42)48-44(50)26-25-43-47(48)39-18-7-10-20-41(39)49(43)35-23-24-38-37-17-9-12-22-45(37)51-46(38)30-35;1-2-10-31(11-3-1)32-18-20-33(21-19-32)34-22-24-35(25-23-34)49-41-15-7-4-13-39(41)47-43(49)28-29-44-48(47)40-14-5-8-16-42(40)50(44)36-26-27-38-37-12-6-9-17-45(37)51-46(38)30-36/h2*1-30H. The van der Waals surface area contributed by atoms with Crippen molar-refractivity contribution in [2.45, 2.75) is 0 Å². The Bertz CT molecular complexity index is 7030. The highest BCUT2D eigenvalue weighted by molar-refractivity contribution is 6.30. The van der Waals surface area contributed by atoms with Crippen LogP contribution in [-0.4, -0.2) is 18.3 Å². The molecule has 16 aromatic carbocycles. The van der Waals surface area contributed by atoms with E-state index < -0.39 is 0 Å². The number of benzene rings is 16. The molecule has 0 aliphatic rings. The zero-order valence-corrected chi connectivity index (χ0v) is 55.2. The Morgan fingerprint density at radius 1 is 0.147 bits per heavy atom. The van der Waals surface area contributed by atoms with Crippen LogP contribution in [0.15, 0.2) is 373 Å².